The van der Waals surface area contributed by atoms with Crippen molar-refractivity contribution in [1.29, 1.82) is 0 Å². The lowest BCUT2D eigenvalue weighted by Gasteiger charge is -2.19. The predicted octanol–water partition coefficient (Wildman–Crippen LogP) is 2.67. The van der Waals surface area contributed by atoms with Gasteiger partial charge in [0, 0.05) is 30.6 Å². The zero-order valence-electron chi connectivity index (χ0n) is 8.66. The molecule has 0 radical (unpaired) electrons. The minimum absolute atomic E-state index is 0.648. The van der Waals surface area contributed by atoms with Gasteiger partial charge in [-0.05, 0) is 24.8 Å². The Labute approximate surface area is 100 Å². The van der Waals surface area contributed by atoms with Gasteiger partial charge < -0.3 is 0 Å². The molecule has 2 heterocycles. The first-order valence-electron chi connectivity index (χ1n) is 5.26. The Morgan fingerprint density at radius 1 is 1.40 bits per heavy atom. The normalized spacial score (nSPS) is 18.7. The standard InChI is InChI=1S/C11H15ClN2S/c12-11-10(3-1-4-13-11)9-14-5-2-7-15-8-6-14/h1,3-4H,2,5-9H2. The average Bonchev–Trinajstić information content (AvgIpc) is 2.50. The van der Waals surface area contributed by atoms with Crippen LogP contribution in [-0.4, -0.2) is 34.5 Å². The van der Waals surface area contributed by atoms with E-state index in [0.29, 0.717) is 5.15 Å². The summed E-state index contributed by atoms with van der Waals surface area (Å²) in [7, 11) is 0. The lowest BCUT2D eigenvalue weighted by atomic mass is 10.2. The van der Waals surface area contributed by atoms with Crippen molar-refractivity contribution < 1.29 is 0 Å². The molecule has 0 aromatic carbocycles. The second-order valence-corrected chi connectivity index (χ2v) is 5.28. The number of aromatic nitrogens is 1. The van der Waals surface area contributed by atoms with Crippen molar-refractivity contribution in [2.45, 2.75) is 13.0 Å². The molecule has 0 spiro atoms. The second-order valence-electron chi connectivity index (χ2n) is 3.70. The summed E-state index contributed by atoms with van der Waals surface area (Å²) in [5, 5.41) is 0.648. The van der Waals surface area contributed by atoms with Crippen molar-refractivity contribution in [3.05, 3.63) is 29.0 Å². The molecule has 1 aliphatic heterocycles. The summed E-state index contributed by atoms with van der Waals surface area (Å²) in [6.45, 7) is 3.28. The highest BCUT2D eigenvalue weighted by atomic mass is 35.5. The van der Waals surface area contributed by atoms with Crippen LogP contribution in [0.15, 0.2) is 18.3 Å². The smallest absolute Gasteiger partial charge is 0.133 e. The molecule has 1 fully saturated rings. The van der Waals surface area contributed by atoms with E-state index in [9.17, 15) is 0 Å². The largest absolute Gasteiger partial charge is 0.298 e. The molecule has 82 valence electrons. The van der Waals surface area contributed by atoms with E-state index in [-0.39, 0.29) is 0 Å². The van der Waals surface area contributed by atoms with Gasteiger partial charge in [0.2, 0.25) is 0 Å². The van der Waals surface area contributed by atoms with E-state index >= 15 is 0 Å². The lowest BCUT2D eigenvalue weighted by Crippen LogP contribution is -2.25. The van der Waals surface area contributed by atoms with Crippen LogP contribution in [0.5, 0.6) is 0 Å². The third kappa shape index (κ3) is 3.37. The van der Waals surface area contributed by atoms with Crippen molar-refractivity contribution >= 4 is 23.4 Å². The molecule has 1 saturated heterocycles. The van der Waals surface area contributed by atoms with Gasteiger partial charge in [-0.15, -0.1) is 0 Å². The first-order valence-corrected chi connectivity index (χ1v) is 6.79. The van der Waals surface area contributed by atoms with Crippen LogP contribution in [0.25, 0.3) is 0 Å². The molecule has 0 amide bonds. The number of rotatable bonds is 2. The zero-order valence-corrected chi connectivity index (χ0v) is 10.2. The summed E-state index contributed by atoms with van der Waals surface area (Å²) in [5.74, 6) is 2.52. The Kier molecular flexibility index (Phi) is 4.29. The molecule has 0 bridgehead atoms. The van der Waals surface area contributed by atoms with E-state index in [1.165, 1.54) is 24.5 Å². The maximum Gasteiger partial charge on any atom is 0.133 e. The maximum atomic E-state index is 6.04. The Balaban J connectivity index is 1.98. The Morgan fingerprint density at radius 3 is 3.20 bits per heavy atom. The maximum absolute atomic E-state index is 6.04. The molecule has 0 atom stereocenters. The molecule has 1 aromatic heterocycles. The molecule has 0 aliphatic carbocycles. The number of nitrogens with zero attached hydrogens (tertiary/aromatic N) is 2. The molecule has 1 aliphatic rings. The zero-order chi connectivity index (χ0) is 10.5. The highest BCUT2D eigenvalue weighted by Crippen LogP contribution is 2.17. The number of hydrogen-bond acceptors (Lipinski definition) is 3. The predicted molar refractivity (Wildman–Crippen MR) is 66.5 cm³/mol. The first kappa shape index (κ1) is 11.2. The van der Waals surface area contributed by atoms with Gasteiger partial charge in [-0.25, -0.2) is 4.98 Å². The second kappa shape index (κ2) is 5.73. The summed E-state index contributed by atoms with van der Waals surface area (Å²) < 4.78 is 0. The van der Waals surface area contributed by atoms with Crippen LogP contribution in [0.2, 0.25) is 5.15 Å². The highest BCUT2D eigenvalue weighted by molar-refractivity contribution is 7.99. The van der Waals surface area contributed by atoms with E-state index < -0.39 is 0 Å². The molecule has 2 rings (SSSR count). The number of halogens is 1. The van der Waals surface area contributed by atoms with Crippen LogP contribution in [0.4, 0.5) is 0 Å². The quantitative estimate of drug-likeness (QED) is 0.742. The molecular weight excluding hydrogens is 228 g/mol. The summed E-state index contributed by atoms with van der Waals surface area (Å²) in [4.78, 5) is 6.56. The molecule has 0 unspecified atom stereocenters. The summed E-state index contributed by atoms with van der Waals surface area (Å²) in [6, 6.07) is 4.02. The highest BCUT2D eigenvalue weighted by Gasteiger charge is 2.11. The fourth-order valence-corrected chi connectivity index (χ4v) is 2.84. The minimum atomic E-state index is 0.648. The Morgan fingerprint density at radius 2 is 2.33 bits per heavy atom. The van der Waals surface area contributed by atoms with Gasteiger partial charge >= 0.3 is 0 Å². The van der Waals surface area contributed by atoms with Crippen LogP contribution in [0.1, 0.15) is 12.0 Å². The van der Waals surface area contributed by atoms with E-state index in [0.717, 1.165) is 18.7 Å². The summed E-state index contributed by atoms with van der Waals surface area (Å²) in [6.07, 6.45) is 3.02. The van der Waals surface area contributed by atoms with Crippen LogP contribution < -0.4 is 0 Å². The van der Waals surface area contributed by atoms with Gasteiger partial charge in [-0.1, -0.05) is 17.7 Å². The molecule has 1 aromatic rings. The van der Waals surface area contributed by atoms with Gasteiger partial charge in [-0.2, -0.15) is 11.8 Å². The van der Waals surface area contributed by atoms with E-state index in [4.69, 9.17) is 11.6 Å². The van der Waals surface area contributed by atoms with Crippen LogP contribution in [-0.2, 0) is 6.54 Å². The van der Waals surface area contributed by atoms with Gasteiger partial charge in [0.15, 0.2) is 0 Å². The lowest BCUT2D eigenvalue weighted by molar-refractivity contribution is 0.287. The molecule has 0 saturated carbocycles. The molecule has 4 heteroatoms. The van der Waals surface area contributed by atoms with Gasteiger partial charge in [0.1, 0.15) is 5.15 Å². The van der Waals surface area contributed by atoms with Gasteiger partial charge in [-0.3, -0.25) is 4.90 Å². The van der Waals surface area contributed by atoms with Crippen molar-refractivity contribution in [3.8, 4) is 0 Å². The topological polar surface area (TPSA) is 16.1 Å². The molecular formula is C11H15ClN2S. The third-order valence-electron chi connectivity index (χ3n) is 2.55. The van der Waals surface area contributed by atoms with E-state index in [2.05, 4.69) is 16.0 Å². The van der Waals surface area contributed by atoms with Crippen molar-refractivity contribution in [2.24, 2.45) is 0 Å². The SMILES string of the molecule is Clc1ncccc1CN1CCCSCC1. The van der Waals surface area contributed by atoms with Gasteiger partial charge in [0.05, 0.1) is 0 Å². The molecule has 15 heavy (non-hydrogen) atoms. The monoisotopic (exact) mass is 242 g/mol. The molecule has 2 nitrogen and oxygen atoms in total. The average molecular weight is 243 g/mol. The minimum Gasteiger partial charge on any atom is -0.298 e. The first-order chi connectivity index (χ1) is 7.36. The summed E-state index contributed by atoms with van der Waals surface area (Å²) >= 11 is 8.09. The Bertz CT molecular complexity index is 311. The van der Waals surface area contributed by atoms with E-state index in [1.54, 1.807) is 6.20 Å². The van der Waals surface area contributed by atoms with Crippen molar-refractivity contribution in [1.82, 2.24) is 9.88 Å². The van der Waals surface area contributed by atoms with Crippen LogP contribution >= 0.6 is 23.4 Å². The summed E-state index contributed by atoms with van der Waals surface area (Å²) in [5.41, 5.74) is 1.14. The number of pyridine rings is 1. The third-order valence-corrected chi connectivity index (χ3v) is 3.93. The van der Waals surface area contributed by atoms with E-state index in [1.807, 2.05) is 17.8 Å². The fourth-order valence-electron chi connectivity index (χ4n) is 1.73. The number of hydrogen-bond donors (Lipinski definition) is 0. The van der Waals surface area contributed by atoms with Crippen LogP contribution in [0, 0.1) is 0 Å². The van der Waals surface area contributed by atoms with Crippen molar-refractivity contribution in [3.63, 3.8) is 0 Å². The van der Waals surface area contributed by atoms with Crippen molar-refractivity contribution in [2.75, 3.05) is 24.6 Å². The fraction of sp³-hybridized carbons (Fsp3) is 0.545. The Hall–Kier alpha value is -0.250. The molecule has 0 N–H and O–H groups in total. The van der Waals surface area contributed by atoms with Gasteiger partial charge in [0.25, 0.3) is 0 Å². The van der Waals surface area contributed by atoms with Crippen LogP contribution in [0.3, 0.4) is 0 Å². The number of thioether (sulfide) groups is 1.